The first-order valence-corrected chi connectivity index (χ1v) is 5.02. The number of benzene rings is 1. The molecule has 3 rings (SSSR count). The van der Waals surface area contributed by atoms with E-state index in [0.717, 1.165) is 29.3 Å². The molecular formula is C11H12N2O2. The van der Waals surface area contributed by atoms with E-state index in [-0.39, 0.29) is 0 Å². The van der Waals surface area contributed by atoms with Gasteiger partial charge in [0.2, 0.25) is 0 Å². The third kappa shape index (κ3) is 1.53. The van der Waals surface area contributed by atoms with Crippen LogP contribution in [0.1, 0.15) is 5.56 Å². The van der Waals surface area contributed by atoms with Gasteiger partial charge in [0.15, 0.2) is 11.5 Å². The number of ether oxygens (including phenoxy) is 2. The van der Waals surface area contributed by atoms with Gasteiger partial charge < -0.3 is 14.9 Å². The third-order valence-electron chi connectivity index (χ3n) is 2.48. The minimum absolute atomic E-state index is 0.626. The lowest BCUT2D eigenvalue weighted by atomic mass is 10.1. The first-order chi connectivity index (χ1) is 7.43. The molecule has 1 aromatic carbocycles. The fourth-order valence-corrected chi connectivity index (χ4v) is 1.75. The quantitative estimate of drug-likeness (QED) is 0.713. The Balaban J connectivity index is 1.96. The van der Waals surface area contributed by atoms with Crippen molar-refractivity contribution in [3.63, 3.8) is 0 Å². The highest BCUT2D eigenvalue weighted by Crippen LogP contribution is 2.32. The largest absolute Gasteiger partial charge is 0.486 e. The van der Waals surface area contributed by atoms with E-state index in [0.29, 0.717) is 13.2 Å². The van der Waals surface area contributed by atoms with Crippen LogP contribution in [0.5, 0.6) is 11.5 Å². The van der Waals surface area contributed by atoms with Crippen molar-refractivity contribution in [2.45, 2.75) is 0 Å². The highest BCUT2D eigenvalue weighted by molar-refractivity contribution is 5.67. The van der Waals surface area contributed by atoms with Gasteiger partial charge in [-0.2, -0.15) is 0 Å². The van der Waals surface area contributed by atoms with Crippen LogP contribution in [0.4, 0.5) is 0 Å². The van der Waals surface area contributed by atoms with Gasteiger partial charge in [0, 0.05) is 12.1 Å². The van der Waals surface area contributed by atoms with Gasteiger partial charge in [-0.05, 0) is 24.3 Å². The fourth-order valence-electron chi connectivity index (χ4n) is 1.75. The van der Waals surface area contributed by atoms with Crippen LogP contribution in [-0.4, -0.2) is 19.8 Å². The first-order valence-electron chi connectivity index (χ1n) is 5.02. The predicted molar refractivity (Wildman–Crippen MR) is 56.5 cm³/mol. The van der Waals surface area contributed by atoms with Crippen LogP contribution >= 0.6 is 0 Å². The second kappa shape index (κ2) is 3.47. The van der Waals surface area contributed by atoms with Crippen LogP contribution in [0.2, 0.25) is 0 Å². The van der Waals surface area contributed by atoms with E-state index in [1.165, 1.54) is 0 Å². The molecule has 0 aromatic heterocycles. The Hall–Kier alpha value is -1.68. The molecular weight excluding hydrogens is 192 g/mol. The molecule has 4 nitrogen and oxygen atoms in total. The van der Waals surface area contributed by atoms with Crippen LogP contribution in [0, 0.1) is 0 Å². The number of hydrazine groups is 1. The molecule has 1 aromatic rings. The van der Waals surface area contributed by atoms with Gasteiger partial charge in [0.05, 0.1) is 5.70 Å². The number of rotatable bonds is 1. The Labute approximate surface area is 87.9 Å². The number of hydrogen-bond acceptors (Lipinski definition) is 4. The van der Waals surface area contributed by atoms with Crippen LogP contribution in [0.25, 0.3) is 5.70 Å². The molecule has 0 saturated carbocycles. The topological polar surface area (TPSA) is 42.5 Å². The number of fused-ring (bicyclic) bond motifs is 1. The Kier molecular flexibility index (Phi) is 1.99. The van der Waals surface area contributed by atoms with Gasteiger partial charge in [-0.15, -0.1) is 0 Å². The number of nitrogens with one attached hydrogen (secondary N) is 2. The van der Waals surface area contributed by atoms with E-state index in [2.05, 4.69) is 16.9 Å². The lowest BCUT2D eigenvalue weighted by Crippen LogP contribution is -2.23. The molecule has 4 heteroatoms. The van der Waals surface area contributed by atoms with E-state index in [1.54, 1.807) is 0 Å². The van der Waals surface area contributed by atoms with Crippen molar-refractivity contribution in [1.29, 1.82) is 0 Å². The second-order valence-electron chi connectivity index (χ2n) is 3.48. The van der Waals surface area contributed by atoms with Crippen LogP contribution < -0.4 is 20.3 Å². The van der Waals surface area contributed by atoms with E-state index in [9.17, 15) is 0 Å². The Morgan fingerprint density at radius 2 is 1.93 bits per heavy atom. The van der Waals surface area contributed by atoms with E-state index >= 15 is 0 Å². The molecule has 2 aliphatic heterocycles. The summed E-state index contributed by atoms with van der Waals surface area (Å²) in [4.78, 5) is 0. The Morgan fingerprint density at radius 1 is 1.07 bits per heavy atom. The third-order valence-corrected chi connectivity index (χ3v) is 2.48. The van der Waals surface area contributed by atoms with Gasteiger partial charge in [-0.1, -0.05) is 0 Å². The van der Waals surface area contributed by atoms with Gasteiger partial charge in [0.1, 0.15) is 13.2 Å². The van der Waals surface area contributed by atoms with Crippen molar-refractivity contribution in [1.82, 2.24) is 10.9 Å². The van der Waals surface area contributed by atoms with Crippen molar-refractivity contribution in [3.05, 3.63) is 29.8 Å². The molecule has 15 heavy (non-hydrogen) atoms. The summed E-state index contributed by atoms with van der Waals surface area (Å²) in [6, 6.07) is 5.98. The summed E-state index contributed by atoms with van der Waals surface area (Å²) in [5.41, 5.74) is 8.34. The molecule has 0 amide bonds. The predicted octanol–water partition coefficient (Wildman–Crippen LogP) is 0.906. The molecule has 0 spiro atoms. The first kappa shape index (κ1) is 8.61. The van der Waals surface area contributed by atoms with Gasteiger partial charge >= 0.3 is 0 Å². The molecule has 0 aliphatic carbocycles. The molecule has 0 bridgehead atoms. The smallest absolute Gasteiger partial charge is 0.162 e. The molecule has 0 saturated heterocycles. The Bertz CT molecular complexity index is 415. The fraction of sp³-hybridized carbons (Fsp3) is 0.273. The van der Waals surface area contributed by atoms with Crippen molar-refractivity contribution < 1.29 is 9.47 Å². The second-order valence-corrected chi connectivity index (χ2v) is 3.48. The summed E-state index contributed by atoms with van der Waals surface area (Å²) in [5, 5.41) is 0. The van der Waals surface area contributed by atoms with Gasteiger partial charge in [0.25, 0.3) is 0 Å². The van der Waals surface area contributed by atoms with Gasteiger partial charge in [-0.3, -0.25) is 0 Å². The molecule has 78 valence electrons. The minimum Gasteiger partial charge on any atom is -0.486 e. The summed E-state index contributed by atoms with van der Waals surface area (Å²) in [5.74, 6) is 1.66. The minimum atomic E-state index is 0.626. The highest BCUT2D eigenvalue weighted by Gasteiger charge is 2.14. The average Bonchev–Trinajstić information content (AvgIpc) is 2.82. The van der Waals surface area contributed by atoms with Crippen LogP contribution in [0.3, 0.4) is 0 Å². The molecule has 2 heterocycles. The molecule has 2 N–H and O–H groups in total. The zero-order valence-corrected chi connectivity index (χ0v) is 8.25. The van der Waals surface area contributed by atoms with E-state index in [1.807, 2.05) is 18.2 Å². The maximum atomic E-state index is 5.52. The molecule has 0 unspecified atom stereocenters. The SMILES string of the molecule is C1=C(c2ccc3c(c2)OCCO3)NNC1. The maximum absolute atomic E-state index is 5.52. The maximum Gasteiger partial charge on any atom is 0.162 e. The zero-order valence-electron chi connectivity index (χ0n) is 8.25. The number of hydrogen-bond donors (Lipinski definition) is 2. The zero-order chi connectivity index (χ0) is 10.1. The molecule has 0 fully saturated rings. The van der Waals surface area contributed by atoms with E-state index in [4.69, 9.17) is 9.47 Å². The summed E-state index contributed by atoms with van der Waals surface area (Å²) >= 11 is 0. The standard InChI is InChI=1S/C11H12N2O2/c1-2-10-11(15-6-5-14-10)7-8(1)9-3-4-12-13-9/h1-3,7,12-13H,4-6H2. The van der Waals surface area contributed by atoms with E-state index < -0.39 is 0 Å². The van der Waals surface area contributed by atoms with Crippen molar-refractivity contribution in [2.75, 3.05) is 19.8 Å². The summed E-state index contributed by atoms with van der Waals surface area (Å²) in [6.07, 6.45) is 2.10. The van der Waals surface area contributed by atoms with Crippen molar-refractivity contribution in [3.8, 4) is 11.5 Å². The summed E-state index contributed by atoms with van der Waals surface area (Å²) in [6.45, 7) is 2.11. The lowest BCUT2D eigenvalue weighted by molar-refractivity contribution is 0.171. The summed E-state index contributed by atoms with van der Waals surface area (Å²) in [7, 11) is 0. The average molecular weight is 204 g/mol. The monoisotopic (exact) mass is 204 g/mol. The highest BCUT2D eigenvalue weighted by atomic mass is 16.6. The van der Waals surface area contributed by atoms with Crippen LogP contribution in [-0.2, 0) is 0 Å². The summed E-state index contributed by atoms with van der Waals surface area (Å²) < 4.78 is 11.0. The molecule has 0 atom stereocenters. The van der Waals surface area contributed by atoms with Crippen molar-refractivity contribution >= 4 is 5.70 Å². The van der Waals surface area contributed by atoms with Crippen molar-refractivity contribution in [2.24, 2.45) is 0 Å². The van der Waals surface area contributed by atoms with Gasteiger partial charge in [-0.25, -0.2) is 5.43 Å². The normalized spacial score (nSPS) is 18.3. The lowest BCUT2D eigenvalue weighted by Gasteiger charge is -2.19. The Morgan fingerprint density at radius 3 is 2.73 bits per heavy atom. The van der Waals surface area contributed by atoms with Crippen LogP contribution in [0.15, 0.2) is 24.3 Å². The molecule has 0 radical (unpaired) electrons. The molecule has 2 aliphatic rings.